The molecular formula is C18H19F3N2O5. The number of rotatable bonds is 7. The van der Waals surface area contributed by atoms with Gasteiger partial charge in [-0.2, -0.15) is 13.2 Å². The Kier molecular flexibility index (Phi) is 5.76. The third-order valence-electron chi connectivity index (χ3n) is 4.33. The molecule has 0 saturated carbocycles. The lowest BCUT2D eigenvalue weighted by Crippen LogP contribution is -2.45. The van der Waals surface area contributed by atoms with E-state index in [4.69, 9.17) is 9.26 Å². The first kappa shape index (κ1) is 20.0. The number of amides is 1. The van der Waals surface area contributed by atoms with Gasteiger partial charge in [0, 0.05) is 12.1 Å². The van der Waals surface area contributed by atoms with E-state index in [0.29, 0.717) is 37.1 Å². The van der Waals surface area contributed by atoms with Crippen LogP contribution in [0.15, 0.2) is 16.7 Å². The van der Waals surface area contributed by atoms with Crippen molar-refractivity contribution < 1.29 is 36.8 Å². The molecule has 28 heavy (non-hydrogen) atoms. The zero-order chi connectivity index (χ0) is 20.3. The third kappa shape index (κ3) is 4.20. The van der Waals surface area contributed by atoms with Gasteiger partial charge in [0.25, 0.3) is 5.91 Å². The number of ether oxygens (including phenoxy) is 2. The van der Waals surface area contributed by atoms with Crippen molar-refractivity contribution in [3.05, 3.63) is 23.4 Å². The summed E-state index contributed by atoms with van der Waals surface area (Å²) >= 11 is 0. The molecule has 1 aromatic heterocycles. The van der Waals surface area contributed by atoms with Crippen LogP contribution in [0.1, 0.15) is 31.0 Å². The van der Waals surface area contributed by atoms with Crippen molar-refractivity contribution in [3.63, 3.8) is 0 Å². The Morgan fingerprint density at radius 1 is 1.29 bits per heavy atom. The van der Waals surface area contributed by atoms with E-state index < -0.39 is 17.8 Å². The maximum Gasteiger partial charge on any atom is 0.437 e. The van der Waals surface area contributed by atoms with E-state index in [0.717, 1.165) is 0 Å². The van der Waals surface area contributed by atoms with Gasteiger partial charge in [-0.05, 0) is 25.0 Å². The predicted octanol–water partition coefficient (Wildman–Crippen LogP) is 2.95. The highest BCUT2D eigenvalue weighted by Gasteiger charge is 2.37. The number of cyclic esters (lactones) is 1. The zero-order valence-electron chi connectivity index (χ0n) is 15.2. The van der Waals surface area contributed by atoms with E-state index in [9.17, 15) is 22.8 Å². The van der Waals surface area contributed by atoms with Crippen LogP contribution in [0.3, 0.4) is 0 Å². The lowest BCUT2D eigenvalue weighted by atomic mass is 10.0. The topological polar surface area (TPSA) is 81.9 Å². The van der Waals surface area contributed by atoms with Crippen LogP contribution in [0.4, 0.5) is 13.2 Å². The molecule has 2 heterocycles. The van der Waals surface area contributed by atoms with Crippen LogP contribution in [0.25, 0.3) is 11.0 Å². The highest BCUT2D eigenvalue weighted by atomic mass is 19.4. The van der Waals surface area contributed by atoms with Crippen LogP contribution in [-0.2, 0) is 26.9 Å². The third-order valence-corrected chi connectivity index (χ3v) is 4.33. The second-order valence-corrected chi connectivity index (χ2v) is 6.38. The van der Waals surface area contributed by atoms with Gasteiger partial charge < -0.3 is 18.9 Å². The Morgan fingerprint density at radius 3 is 2.79 bits per heavy atom. The molecular weight excluding hydrogens is 381 g/mol. The predicted molar refractivity (Wildman–Crippen MR) is 90.7 cm³/mol. The molecule has 1 saturated heterocycles. The first-order valence-corrected chi connectivity index (χ1v) is 8.86. The number of hydrogen-bond donors (Lipinski definition) is 0. The van der Waals surface area contributed by atoms with Gasteiger partial charge in [-0.1, -0.05) is 18.5 Å². The molecule has 1 aliphatic rings. The summed E-state index contributed by atoms with van der Waals surface area (Å²) in [6, 6.07) is 2.76. The van der Waals surface area contributed by atoms with E-state index >= 15 is 0 Å². The lowest BCUT2D eigenvalue weighted by Gasteiger charge is -2.25. The fourth-order valence-corrected chi connectivity index (χ4v) is 3.03. The molecule has 10 heteroatoms. The van der Waals surface area contributed by atoms with Crippen LogP contribution in [0.5, 0.6) is 5.75 Å². The number of aryl methyl sites for hydroxylation is 1. The van der Waals surface area contributed by atoms with E-state index in [-0.39, 0.29) is 36.6 Å². The van der Waals surface area contributed by atoms with Crippen molar-refractivity contribution in [3.8, 4) is 5.75 Å². The maximum absolute atomic E-state index is 13.0. The summed E-state index contributed by atoms with van der Waals surface area (Å²) in [5.41, 5.74) is -0.455. The average Bonchev–Trinajstić information content (AvgIpc) is 3.07. The minimum Gasteiger partial charge on any atom is -0.493 e. The molecule has 0 N–H and O–H groups in total. The number of aromatic nitrogens is 1. The molecule has 1 aliphatic heterocycles. The molecule has 0 atom stereocenters. The zero-order valence-corrected chi connectivity index (χ0v) is 15.2. The number of fused-ring (bicyclic) bond motifs is 1. The average molecular weight is 400 g/mol. The van der Waals surface area contributed by atoms with E-state index in [1.807, 2.05) is 6.92 Å². The quantitative estimate of drug-likeness (QED) is 0.525. The smallest absolute Gasteiger partial charge is 0.437 e. The molecule has 1 amide bonds. The van der Waals surface area contributed by atoms with Gasteiger partial charge in [-0.15, -0.1) is 0 Å². The summed E-state index contributed by atoms with van der Waals surface area (Å²) in [6.45, 7) is 2.08. The van der Waals surface area contributed by atoms with E-state index in [2.05, 4.69) is 9.89 Å². The van der Waals surface area contributed by atoms with Crippen LogP contribution < -0.4 is 4.74 Å². The van der Waals surface area contributed by atoms with Crippen LogP contribution in [0, 0.1) is 0 Å². The fraction of sp³-hybridized carbons (Fsp3) is 0.500. The Bertz CT molecular complexity index is 878. The molecule has 1 fully saturated rings. The number of carbonyl (C=O) groups excluding carboxylic acids is 2. The molecule has 0 aliphatic carbocycles. The second kappa shape index (κ2) is 8.07. The first-order valence-electron chi connectivity index (χ1n) is 8.86. The maximum atomic E-state index is 13.0. The van der Waals surface area contributed by atoms with Gasteiger partial charge in [0.1, 0.15) is 12.3 Å². The van der Waals surface area contributed by atoms with Gasteiger partial charge in [-0.3, -0.25) is 9.59 Å². The highest BCUT2D eigenvalue weighted by Crippen LogP contribution is 2.38. The number of benzene rings is 1. The Hall–Kier alpha value is -2.78. The minimum atomic E-state index is -4.60. The van der Waals surface area contributed by atoms with Gasteiger partial charge in [0.05, 0.1) is 12.0 Å². The number of alkyl halides is 3. The van der Waals surface area contributed by atoms with Crippen molar-refractivity contribution in [2.45, 2.75) is 32.4 Å². The molecule has 3 rings (SSSR count). The summed E-state index contributed by atoms with van der Waals surface area (Å²) in [7, 11) is 0. The summed E-state index contributed by atoms with van der Waals surface area (Å²) in [4.78, 5) is 24.3. The van der Waals surface area contributed by atoms with E-state index in [1.165, 1.54) is 17.0 Å². The molecule has 1 aromatic carbocycles. The molecule has 0 bridgehead atoms. The lowest BCUT2D eigenvalue weighted by molar-refractivity contribution is -0.162. The van der Waals surface area contributed by atoms with Gasteiger partial charge in [-0.25, -0.2) is 0 Å². The van der Waals surface area contributed by atoms with Crippen molar-refractivity contribution in [2.24, 2.45) is 0 Å². The molecule has 152 valence electrons. The fourth-order valence-electron chi connectivity index (χ4n) is 3.03. The number of morpholine rings is 1. The molecule has 7 nitrogen and oxygen atoms in total. The van der Waals surface area contributed by atoms with Crippen LogP contribution >= 0.6 is 0 Å². The van der Waals surface area contributed by atoms with Gasteiger partial charge in [0.2, 0.25) is 0 Å². The monoisotopic (exact) mass is 400 g/mol. The molecule has 2 aromatic rings. The Balaban J connectivity index is 1.69. The van der Waals surface area contributed by atoms with Crippen LogP contribution in [-0.4, -0.2) is 48.2 Å². The second-order valence-electron chi connectivity index (χ2n) is 6.38. The number of nitrogens with zero attached hydrogens (tertiary/aromatic N) is 2. The van der Waals surface area contributed by atoms with Gasteiger partial charge in [0.15, 0.2) is 17.9 Å². The van der Waals surface area contributed by atoms with Gasteiger partial charge >= 0.3 is 12.1 Å². The van der Waals surface area contributed by atoms with Crippen molar-refractivity contribution in [1.82, 2.24) is 10.1 Å². The number of halogens is 3. The Labute approximate surface area is 158 Å². The summed E-state index contributed by atoms with van der Waals surface area (Å²) in [5, 5.41) is 3.08. The summed E-state index contributed by atoms with van der Waals surface area (Å²) in [5.74, 6) is -0.306. The molecule has 0 unspecified atom stereocenters. The van der Waals surface area contributed by atoms with Crippen LogP contribution in [0.2, 0.25) is 0 Å². The number of carbonyl (C=O) groups is 2. The minimum absolute atomic E-state index is 0.0700. The first-order chi connectivity index (χ1) is 13.3. The van der Waals surface area contributed by atoms with Crippen molar-refractivity contribution in [2.75, 3.05) is 26.3 Å². The largest absolute Gasteiger partial charge is 0.493 e. The van der Waals surface area contributed by atoms with Crippen molar-refractivity contribution >= 4 is 22.8 Å². The highest BCUT2D eigenvalue weighted by molar-refractivity contribution is 5.88. The SMILES string of the molecule is CCCc1c(OCCCN2CC(=O)OCC2=O)ccc2c(C(F)(F)F)noc12. The summed E-state index contributed by atoms with van der Waals surface area (Å²) < 4.78 is 54.4. The Morgan fingerprint density at radius 2 is 2.07 bits per heavy atom. The molecule has 0 radical (unpaired) electrons. The van der Waals surface area contributed by atoms with E-state index in [1.54, 1.807) is 0 Å². The molecule has 0 spiro atoms. The normalized spacial score (nSPS) is 15.2. The van der Waals surface area contributed by atoms with Crippen molar-refractivity contribution in [1.29, 1.82) is 0 Å². The number of hydrogen-bond acceptors (Lipinski definition) is 6. The number of esters is 1. The standard InChI is InChI=1S/C18H19F3N2O5/c1-2-4-11-13(6-5-12-16(11)28-22-17(12)18(19,20)21)26-8-3-7-23-9-15(25)27-10-14(23)24/h5-6H,2-4,7-10H2,1H3. The summed E-state index contributed by atoms with van der Waals surface area (Å²) in [6.07, 6.45) is -3.00.